The maximum absolute atomic E-state index is 11.8. The molecule has 1 saturated heterocycles. The van der Waals surface area contributed by atoms with Crippen molar-refractivity contribution in [3.05, 3.63) is 35.4 Å². The van der Waals surface area contributed by atoms with Gasteiger partial charge in [0.05, 0.1) is 18.7 Å². The average molecular weight is 313 g/mol. The van der Waals surface area contributed by atoms with Gasteiger partial charge in [0.25, 0.3) is 0 Å². The number of benzene rings is 1. The summed E-state index contributed by atoms with van der Waals surface area (Å²) in [6, 6.07) is 7.23. The van der Waals surface area contributed by atoms with Crippen LogP contribution in [0.4, 0.5) is 0 Å². The van der Waals surface area contributed by atoms with Crippen molar-refractivity contribution in [3.8, 4) is 0 Å². The van der Waals surface area contributed by atoms with Gasteiger partial charge in [0.1, 0.15) is 0 Å². The third kappa shape index (κ3) is 5.02. The predicted molar refractivity (Wildman–Crippen MR) is 82.8 cm³/mol. The van der Waals surface area contributed by atoms with Crippen molar-refractivity contribution in [2.45, 2.75) is 25.3 Å². The standard InChI is InChI=1S/C15H20N2O3.ClH/c1-20-15(19)12-5-2-4-11(10-12)7-9-17-14(18)13-6-3-8-16-13;/h2,4-5,10,13,16H,3,6-9H2,1H3,(H,17,18);1H. The van der Waals surface area contributed by atoms with Gasteiger partial charge < -0.3 is 15.4 Å². The first-order chi connectivity index (χ1) is 9.70. The van der Waals surface area contributed by atoms with Gasteiger partial charge in [-0.15, -0.1) is 12.4 Å². The van der Waals surface area contributed by atoms with E-state index in [4.69, 9.17) is 0 Å². The highest BCUT2D eigenvalue weighted by Gasteiger charge is 2.21. The van der Waals surface area contributed by atoms with Gasteiger partial charge in [-0.3, -0.25) is 4.79 Å². The van der Waals surface area contributed by atoms with Gasteiger partial charge in [-0.2, -0.15) is 0 Å². The molecule has 0 radical (unpaired) electrons. The molecule has 1 aromatic carbocycles. The summed E-state index contributed by atoms with van der Waals surface area (Å²) in [7, 11) is 1.36. The van der Waals surface area contributed by atoms with Crippen LogP contribution in [0.15, 0.2) is 24.3 Å². The lowest BCUT2D eigenvalue weighted by molar-refractivity contribution is -0.122. The fourth-order valence-corrected chi connectivity index (χ4v) is 2.33. The fourth-order valence-electron chi connectivity index (χ4n) is 2.33. The minimum absolute atomic E-state index is 0. The van der Waals surface area contributed by atoms with E-state index in [1.807, 2.05) is 12.1 Å². The zero-order valence-corrected chi connectivity index (χ0v) is 12.9. The lowest BCUT2D eigenvalue weighted by Crippen LogP contribution is -2.41. The van der Waals surface area contributed by atoms with Crippen molar-refractivity contribution in [2.75, 3.05) is 20.2 Å². The molecular weight excluding hydrogens is 292 g/mol. The van der Waals surface area contributed by atoms with E-state index < -0.39 is 0 Å². The first-order valence-corrected chi connectivity index (χ1v) is 6.89. The van der Waals surface area contributed by atoms with Crippen LogP contribution in [0.1, 0.15) is 28.8 Å². The number of carbonyl (C=O) groups excluding carboxylic acids is 2. The van der Waals surface area contributed by atoms with E-state index in [1.165, 1.54) is 7.11 Å². The zero-order valence-electron chi connectivity index (χ0n) is 12.1. The van der Waals surface area contributed by atoms with Gasteiger partial charge in [-0.25, -0.2) is 4.79 Å². The molecule has 0 aromatic heterocycles. The lowest BCUT2D eigenvalue weighted by atomic mass is 10.1. The van der Waals surface area contributed by atoms with Crippen LogP contribution in [0.25, 0.3) is 0 Å². The molecule has 0 spiro atoms. The largest absolute Gasteiger partial charge is 0.465 e. The van der Waals surface area contributed by atoms with Crippen LogP contribution in [-0.2, 0) is 16.0 Å². The molecule has 6 heteroatoms. The predicted octanol–water partition coefficient (Wildman–Crippen LogP) is 1.31. The minimum Gasteiger partial charge on any atom is -0.465 e. The smallest absolute Gasteiger partial charge is 0.337 e. The second-order valence-corrected chi connectivity index (χ2v) is 4.88. The number of hydrogen-bond acceptors (Lipinski definition) is 4. The Morgan fingerprint density at radius 3 is 2.90 bits per heavy atom. The fraction of sp³-hybridized carbons (Fsp3) is 0.467. The highest BCUT2D eigenvalue weighted by molar-refractivity contribution is 5.89. The molecule has 1 aliphatic rings. The number of ether oxygens (including phenoxy) is 1. The topological polar surface area (TPSA) is 67.4 Å². The lowest BCUT2D eigenvalue weighted by Gasteiger charge is -2.11. The van der Waals surface area contributed by atoms with E-state index >= 15 is 0 Å². The molecule has 5 nitrogen and oxygen atoms in total. The van der Waals surface area contributed by atoms with Crippen LogP contribution in [0.5, 0.6) is 0 Å². The summed E-state index contributed by atoms with van der Waals surface area (Å²) in [5, 5.41) is 6.08. The van der Waals surface area contributed by atoms with Gasteiger partial charge in [0.2, 0.25) is 5.91 Å². The number of amides is 1. The first kappa shape index (κ1) is 17.5. The Labute approximate surface area is 130 Å². The first-order valence-electron chi connectivity index (χ1n) is 6.89. The molecule has 1 aliphatic heterocycles. The normalized spacial score (nSPS) is 16.9. The summed E-state index contributed by atoms with van der Waals surface area (Å²) in [6.45, 7) is 1.49. The summed E-state index contributed by atoms with van der Waals surface area (Å²) in [6.07, 6.45) is 2.66. The highest BCUT2D eigenvalue weighted by Crippen LogP contribution is 2.08. The molecule has 0 saturated carbocycles. The number of halogens is 1. The zero-order chi connectivity index (χ0) is 14.4. The maximum Gasteiger partial charge on any atom is 0.337 e. The molecule has 1 heterocycles. The van der Waals surface area contributed by atoms with Gasteiger partial charge in [-0.1, -0.05) is 12.1 Å². The van der Waals surface area contributed by atoms with E-state index in [-0.39, 0.29) is 30.3 Å². The molecule has 1 aromatic rings. The third-order valence-electron chi connectivity index (χ3n) is 3.44. The van der Waals surface area contributed by atoms with Gasteiger partial charge in [-0.05, 0) is 43.5 Å². The SMILES string of the molecule is COC(=O)c1cccc(CCNC(=O)C2CCCN2)c1.Cl. The Bertz CT molecular complexity index is 488. The van der Waals surface area contributed by atoms with E-state index in [9.17, 15) is 9.59 Å². The van der Waals surface area contributed by atoms with E-state index in [0.29, 0.717) is 18.5 Å². The van der Waals surface area contributed by atoms with Crippen LogP contribution in [0.2, 0.25) is 0 Å². The van der Waals surface area contributed by atoms with Crippen LogP contribution in [0, 0.1) is 0 Å². The van der Waals surface area contributed by atoms with Crippen molar-refractivity contribution in [1.29, 1.82) is 0 Å². The van der Waals surface area contributed by atoms with Gasteiger partial charge in [0, 0.05) is 6.54 Å². The molecule has 1 atom stereocenters. The molecule has 1 fully saturated rings. The molecule has 2 N–H and O–H groups in total. The van der Waals surface area contributed by atoms with E-state index in [0.717, 1.165) is 24.9 Å². The third-order valence-corrected chi connectivity index (χ3v) is 3.44. The average Bonchev–Trinajstić information content (AvgIpc) is 3.01. The number of rotatable bonds is 5. The second kappa shape index (κ2) is 8.64. The second-order valence-electron chi connectivity index (χ2n) is 4.88. The number of esters is 1. The summed E-state index contributed by atoms with van der Waals surface area (Å²) in [4.78, 5) is 23.2. The summed E-state index contributed by atoms with van der Waals surface area (Å²) in [5.74, 6) is -0.280. The number of carbonyl (C=O) groups is 2. The minimum atomic E-state index is -0.342. The van der Waals surface area contributed by atoms with Crippen molar-refractivity contribution < 1.29 is 14.3 Å². The van der Waals surface area contributed by atoms with Crippen molar-refractivity contribution >= 4 is 24.3 Å². The van der Waals surface area contributed by atoms with Crippen molar-refractivity contribution in [2.24, 2.45) is 0 Å². The highest BCUT2D eigenvalue weighted by atomic mass is 35.5. The molecule has 116 valence electrons. The maximum atomic E-state index is 11.8. The van der Waals surface area contributed by atoms with E-state index in [2.05, 4.69) is 15.4 Å². The monoisotopic (exact) mass is 312 g/mol. The van der Waals surface area contributed by atoms with Crippen LogP contribution < -0.4 is 10.6 Å². The summed E-state index contributed by atoms with van der Waals surface area (Å²) < 4.78 is 4.68. The summed E-state index contributed by atoms with van der Waals surface area (Å²) in [5.41, 5.74) is 1.54. The van der Waals surface area contributed by atoms with Gasteiger partial charge >= 0.3 is 5.97 Å². The molecule has 1 amide bonds. The summed E-state index contributed by atoms with van der Waals surface area (Å²) >= 11 is 0. The molecule has 2 rings (SSSR count). The molecule has 1 unspecified atom stereocenters. The van der Waals surface area contributed by atoms with Crippen LogP contribution in [-0.4, -0.2) is 38.1 Å². The number of nitrogens with one attached hydrogen (secondary N) is 2. The quantitative estimate of drug-likeness (QED) is 0.804. The van der Waals surface area contributed by atoms with Crippen LogP contribution in [0.3, 0.4) is 0 Å². The molecule has 0 aliphatic carbocycles. The number of hydrogen-bond donors (Lipinski definition) is 2. The Morgan fingerprint density at radius 2 is 2.24 bits per heavy atom. The van der Waals surface area contributed by atoms with Gasteiger partial charge in [0.15, 0.2) is 0 Å². The molecule has 0 bridgehead atoms. The van der Waals surface area contributed by atoms with Crippen molar-refractivity contribution in [3.63, 3.8) is 0 Å². The van der Waals surface area contributed by atoms with Crippen molar-refractivity contribution in [1.82, 2.24) is 10.6 Å². The molecular formula is C15H21ClN2O3. The Hall–Kier alpha value is -1.59. The Balaban J connectivity index is 0.00000220. The Kier molecular flexibility index (Phi) is 7.19. The molecule has 21 heavy (non-hydrogen) atoms. The Morgan fingerprint density at radius 1 is 1.43 bits per heavy atom. The number of methoxy groups -OCH3 is 1. The van der Waals surface area contributed by atoms with Crippen LogP contribution >= 0.6 is 12.4 Å². The van der Waals surface area contributed by atoms with E-state index in [1.54, 1.807) is 12.1 Å².